The molecule has 1 aromatic rings. The smallest absolute Gasteiger partial charge is 0.119 e. The predicted octanol–water partition coefficient (Wildman–Crippen LogP) is 2.68. The van der Waals surface area contributed by atoms with Gasteiger partial charge in [-0.1, -0.05) is 15.9 Å². The van der Waals surface area contributed by atoms with Gasteiger partial charge >= 0.3 is 0 Å². The third-order valence-corrected chi connectivity index (χ3v) is 3.91. The van der Waals surface area contributed by atoms with Gasteiger partial charge in [0, 0.05) is 23.6 Å². The number of nitrogens with zero attached hydrogens (tertiary/aromatic N) is 1. The van der Waals surface area contributed by atoms with Crippen LogP contribution in [0.5, 0.6) is 5.75 Å². The molecule has 3 nitrogen and oxygen atoms in total. The minimum absolute atomic E-state index is 0.474. The molecule has 1 saturated heterocycles. The summed E-state index contributed by atoms with van der Waals surface area (Å²) in [5.74, 6) is 0.907. The van der Waals surface area contributed by atoms with Crippen molar-refractivity contribution in [2.45, 2.75) is 19.5 Å². The number of hydrogen-bond acceptors (Lipinski definition) is 3. The molecule has 0 saturated carbocycles. The lowest BCUT2D eigenvalue weighted by atomic mass is 10.1. The molecule has 0 bridgehead atoms. The Morgan fingerprint density at radius 1 is 1.53 bits per heavy atom. The lowest BCUT2D eigenvalue weighted by molar-refractivity contribution is -0.00447. The van der Waals surface area contributed by atoms with Crippen LogP contribution in [0.3, 0.4) is 0 Å². The van der Waals surface area contributed by atoms with Gasteiger partial charge in [0.2, 0.25) is 0 Å². The van der Waals surface area contributed by atoms with Gasteiger partial charge < -0.3 is 9.47 Å². The number of methoxy groups -OCH3 is 1. The molecule has 17 heavy (non-hydrogen) atoms. The summed E-state index contributed by atoms with van der Waals surface area (Å²) in [5.41, 5.74) is 1.26. The van der Waals surface area contributed by atoms with Crippen LogP contribution in [0.2, 0.25) is 0 Å². The summed E-state index contributed by atoms with van der Waals surface area (Å²) in [5, 5.41) is 0. The van der Waals surface area contributed by atoms with E-state index < -0.39 is 0 Å². The first kappa shape index (κ1) is 12.9. The van der Waals surface area contributed by atoms with E-state index in [1.165, 1.54) is 5.56 Å². The first-order chi connectivity index (χ1) is 8.20. The average molecular weight is 300 g/mol. The van der Waals surface area contributed by atoms with Crippen molar-refractivity contribution in [2.24, 2.45) is 0 Å². The van der Waals surface area contributed by atoms with E-state index >= 15 is 0 Å². The second kappa shape index (κ2) is 5.85. The van der Waals surface area contributed by atoms with Gasteiger partial charge in [-0.25, -0.2) is 0 Å². The van der Waals surface area contributed by atoms with Crippen molar-refractivity contribution in [2.75, 3.05) is 26.9 Å². The van der Waals surface area contributed by atoms with E-state index in [9.17, 15) is 0 Å². The molecule has 0 spiro atoms. The molecule has 1 aromatic carbocycles. The van der Waals surface area contributed by atoms with Gasteiger partial charge in [-0.2, -0.15) is 0 Å². The summed E-state index contributed by atoms with van der Waals surface area (Å²) in [6.45, 7) is 5.77. The van der Waals surface area contributed by atoms with E-state index in [2.05, 4.69) is 33.8 Å². The van der Waals surface area contributed by atoms with Crippen LogP contribution in [0.25, 0.3) is 0 Å². The third-order valence-electron chi connectivity index (χ3n) is 3.13. The van der Waals surface area contributed by atoms with Crippen LogP contribution in [0.15, 0.2) is 22.7 Å². The summed E-state index contributed by atoms with van der Waals surface area (Å²) < 4.78 is 11.8. The predicted molar refractivity (Wildman–Crippen MR) is 71.4 cm³/mol. The molecule has 1 aliphatic rings. The Morgan fingerprint density at radius 2 is 2.35 bits per heavy atom. The van der Waals surface area contributed by atoms with Crippen molar-refractivity contribution in [3.63, 3.8) is 0 Å². The minimum Gasteiger partial charge on any atom is -0.497 e. The molecule has 1 atom stereocenters. The van der Waals surface area contributed by atoms with Crippen LogP contribution >= 0.6 is 15.9 Å². The number of halogens is 1. The topological polar surface area (TPSA) is 21.7 Å². The second-order valence-corrected chi connectivity index (χ2v) is 5.21. The maximum absolute atomic E-state index is 5.45. The molecule has 0 amide bonds. The Kier molecular flexibility index (Phi) is 4.42. The lowest BCUT2D eigenvalue weighted by Crippen LogP contribution is -2.42. The molecular weight excluding hydrogens is 282 g/mol. The number of ether oxygens (including phenoxy) is 2. The van der Waals surface area contributed by atoms with Crippen LogP contribution in [0.4, 0.5) is 0 Å². The highest BCUT2D eigenvalue weighted by Gasteiger charge is 2.19. The average Bonchev–Trinajstić information content (AvgIpc) is 2.35. The van der Waals surface area contributed by atoms with Crippen molar-refractivity contribution in [3.05, 3.63) is 28.2 Å². The van der Waals surface area contributed by atoms with Crippen LogP contribution < -0.4 is 4.74 Å². The standard InChI is InChI=1S/C13H18BrNO2/c1-10-9-17-6-5-15(10)8-11-7-12(16-2)3-4-13(11)14/h3-4,7,10H,5-6,8-9H2,1-2H3. The monoisotopic (exact) mass is 299 g/mol. The van der Waals surface area contributed by atoms with Crippen LogP contribution in [0.1, 0.15) is 12.5 Å². The molecular formula is C13H18BrNO2. The van der Waals surface area contributed by atoms with Crippen LogP contribution in [-0.4, -0.2) is 37.8 Å². The zero-order valence-corrected chi connectivity index (χ0v) is 11.9. The van der Waals surface area contributed by atoms with Crippen molar-refractivity contribution in [3.8, 4) is 5.75 Å². The van der Waals surface area contributed by atoms with E-state index in [4.69, 9.17) is 9.47 Å². The van der Waals surface area contributed by atoms with Gasteiger partial charge in [0.1, 0.15) is 5.75 Å². The normalized spacial score (nSPS) is 21.5. The number of benzene rings is 1. The molecule has 94 valence electrons. The Morgan fingerprint density at radius 3 is 3.06 bits per heavy atom. The summed E-state index contributed by atoms with van der Waals surface area (Å²) in [6, 6.07) is 6.57. The second-order valence-electron chi connectivity index (χ2n) is 4.35. The van der Waals surface area contributed by atoms with Gasteiger partial charge in [0.15, 0.2) is 0 Å². The van der Waals surface area contributed by atoms with Gasteiger partial charge in [0.05, 0.1) is 20.3 Å². The Labute approximate surface area is 111 Å². The highest BCUT2D eigenvalue weighted by atomic mass is 79.9. The highest BCUT2D eigenvalue weighted by molar-refractivity contribution is 9.10. The van der Waals surface area contributed by atoms with Gasteiger partial charge in [0.25, 0.3) is 0 Å². The van der Waals surface area contributed by atoms with Crippen LogP contribution in [0, 0.1) is 0 Å². The van der Waals surface area contributed by atoms with E-state index in [1.807, 2.05) is 12.1 Å². The first-order valence-electron chi connectivity index (χ1n) is 5.85. The summed E-state index contributed by atoms with van der Waals surface area (Å²) in [4.78, 5) is 2.43. The van der Waals surface area contributed by atoms with Crippen LogP contribution in [-0.2, 0) is 11.3 Å². The maximum atomic E-state index is 5.45. The van der Waals surface area contributed by atoms with E-state index in [0.29, 0.717) is 6.04 Å². The zero-order valence-electron chi connectivity index (χ0n) is 10.3. The molecule has 0 N–H and O–H groups in total. The fourth-order valence-corrected chi connectivity index (χ4v) is 2.39. The van der Waals surface area contributed by atoms with Gasteiger partial charge in [-0.15, -0.1) is 0 Å². The zero-order chi connectivity index (χ0) is 12.3. The van der Waals surface area contributed by atoms with E-state index in [0.717, 1.165) is 36.5 Å². The Balaban J connectivity index is 2.11. The molecule has 0 aliphatic carbocycles. The van der Waals surface area contributed by atoms with Crippen molar-refractivity contribution in [1.82, 2.24) is 4.90 Å². The SMILES string of the molecule is COc1ccc(Br)c(CN2CCOCC2C)c1. The Hall–Kier alpha value is -0.580. The maximum Gasteiger partial charge on any atom is 0.119 e. The quantitative estimate of drug-likeness (QED) is 0.856. The molecule has 1 heterocycles. The fraction of sp³-hybridized carbons (Fsp3) is 0.538. The lowest BCUT2D eigenvalue weighted by Gasteiger charge is -2.33. The molecule has 1 aliphatic heterocycles. The summed E-state index contributed by atoms with van der Waals surface area (Å²) in [6.07, 6.45) is 0. The van der Waals surface area contributed by atoms with Crippen molar-refractivity contribution < 1.29 is 9.47 Å². The largest absolute Gasteiger partial charge is 0.497 e. The summed E-state index contributed by atoms with van der Waals surface area (Å²) >= 11 is 3.59. The molecule has 1 unspecified atom stereocenters. The van der Waals surface area contributed by atoms with Crippen molar-refractivity contribution >= 4 is 15.9 Å². The fourth-order valence-electron chi connectivity index (χ4n) is 2.01. The Bertz CT molecular complexity index is 384. The number of hydrogen-bond donors (Lipinski definition) is 0. The van der Waals surface area contributed by atoms with E-state index in [1.54, 1.807) is 7.11 Å². The molecule has 0 radical (unpaired) electrons. The first-order valence-corrected chi connectivity index (χ1v) is 6.64. The molecule has 1 fully saturated rings. The minimum atomic E-state index is 0.474. The highest BCUT2D eigenvalue weighted by Crippen LogP contribution is 2.24. The number of morpholine rings is 1. The third kappa shape index (κ3) is 3.21. The number of rotatable bonds is 3. The molecule has 0 aromatic heterocycles. The van der Waals surface area contributed by atoms with Gasteiger partial charge in [-0.05, 0) is 30.7 Å². The molecule has 2 rings (SSSR count). The van der Waals surface area contributed by atoms with Crippen molar-refractivity contribution in [1.29, 1.82) is 0 Å². The molecule has 4 heteroatoms. The van der Waals surface area contributed by atoms with Gasteiger partial charge in [-0.3, -0.25) is 4.90 Å². The summed E-state index contributed by atoms with van der Waals surface area (Å²) in [7, 11) is 1.70. The van der Waals surface area contributed by atoms with E-state index in [-0.39, 0.29) is 0 Å².